The third-order valence-electron chi connectivity index (χ3n) is 7.01. The highest BCUT2D eigenvalue weighted by Crippen LogP contribution is 2.40. The number of nitrogens with zero attached hydrogens (tertiary/aromatic N) is 2. The lowest BCUT2D eigenvalue weighted by Crippen LogP contribution is -2.62. The van der Waals surface area contributed by atoms with Crippen LogP contribution in [-0.4, -0.2) is 59.1 Å². The van der Waals surface area contributed by atoms with Gasteiger partial charge in [0, 0.05) is 27.8 Å². The van der Waals surface area contributed by atoms with Crippen molar-refractivity contribution >= 4 is 23.6 Å². The molecule has 1 saturated heterocycles. The number of benzene rings is 2. The molecule has 12 heteroatoms. The number of carbonyl (C=O) groups excluding carboxylic acids is 2. The van der Waals surface area contributed by atoms with E-state index in [1.165, 1.54) is 28.4 Å². The monoisotopic (exact) mass is 541 g/mol. The second kappa shape index (κ2) is 9.14. The third-order valence-corrected chi connectivity index (χ3v) is 8.15. The molecule has 0 bridgehead atoms. The van der Waals surface area contributed by atoms with E-state index in [0.29, 0.717) is 5.56 Å². The molecule has 4 heterocycles. The topological polar surface area (TPSA) is 110 Å². The van der Waals surface area contributed by atoms with Gasteiger partial charge in [-0.3, -0.25) is 9.59 Å². The molecule has 3 aliphatic rings. The van der Waals surface area contributed by atoms with Crippen molar-refractivity contribution in [1.29, 1.82) is 0 Å². The number of amides is 1. The van der Waals surface area contributed by atoms with E-state index in [4.69, 9.17) is 9.47 Å². The molecule has 196 valence electrons. The molecule has 2 N–H and O–H groups in total. The number of esters is 1. The van der Waals surface area contributed by atoms with Gasteiger partial charge in [0.05, 0.1) is 26.0 Å². The molecule has 2 aromatic carbocycles. The fraction of sp³-hybridized carbons (Fsp3) is 0.269. The van der Waals surface area contributed by atoms with Gasteiger partial charge in [0.25, 0.3) is 5.91 Å². The number of fused-ring (bicyclic) bond motifs is 4. The molecule has 1 unspecified atom stereocenters. The number of nitrogens with one attached hydrogen (secondary N) is 1. The summed E-state index contributed by atoms with van der Waals surface area (Å²) in [6.07, 6.45) is -1.54. The zero-order chi connectivity index (χ0) is 26.7. The Morgan fingerprint density at radius 1 is 1.21 bits per heavy atom. The first-order valence-corrected chi connectivity index (χ1v) is 12.7. The SMILES string of the molecule is COC(=O)C1CN2C(=O)c3c(O)c(=O)cc(-c4cc(F)c(F)c5c4Cc4ccccc4SC5)n3N[C@@H]2CO1. The van der Waals surface area contributed by atoms with Crippen LogP contribution >= 0.6 is 11.8 Å². The van der Waals surface area contributed by atoms with Crippen molar-refractivity contribution in [3.8, 4) is 17.0 Å². The zero-order valence-corrected chi connectivity index (χ0v) is 20.8. The zero-order valence-electron chi connectivity index (χ0n) is 20.0. The number of morpholine rings is 1. The molecule has 0 radical (unpaired) electrons. The summed E-state index contributed by atoms with van der Waals surface area (Å²) in [5, 5.41) is 10.6. The first-order valence-electron chi connectivity index (χ1n) is 11.7. The van der Waals surface area contributed by atoms with Gasteiger partial charge in [-0.05, 0) is 29.7 Å². The quantitative estimate of drug-likeness (QED) is 0.477. The van der Waals surface area contributed by atoms with Gasteiger partial charge in [-0.2, -0.15) is 0 Å². The Morgan fingerprint density at radius 2 is 2.00 bits per heavy atom. The molecule has 6 rings (SSSR count). The van der Waals surface area contributed by atoms with Crippen LogP contribution in [0.15, 0.2) is 46.1 Å². The molecule has 0 spiro atoms. The number of thioether (sulfide) groups is 1. The van der Waals surface area contributed by atoms with Crippen LogP contribution in [0.5, 0.6) is 5.75 Å². The average Bonchev–Trinajstić information content (AvgIpc) is 3.12. The predicted octanol–water partition coefficient (Wildman–Crippen LogP) is 2.59. The summed E-state index contributed by atoms with van der Waals surface area (Å²) < 4.78 is 41.5. The number of halogens is 2. The summed E-state index contributed by atoms with van der Waals surface area (Å²) in [6.45, 7) is -0.271. The smallest absolute Gasteiger partial charge is 0.336 e. The molecule has 1 fully saturated rings. The van der Waals surface area contributed by atoms with Gasteiger partial charge < -0.3 is 24.9 Å². The fourth-order valence-electron chi connectivity index (χ4n) is 5.10. The lowest BCUT2D eigenvalue weighted by atomic mass is 9.92. The van der Waals surface area contributed by atoms with Crippen molar-refractivity contribution in [3.05, 3.63) is 80.6 Å². The number of methoxy groups -OCH3 is 1. The van der Waals surface area contributed by atoms with Crippen LogP contribution in [0, 0.1) is 11.6 Å². The third kappa shape index (κ3) is 3.74. The Bertz CT molecular complexity index is 1580. The number of carbonyl (C=O) groups is 2. The standard InChI is InChI=1S/C26H21F2N3O6S/c1-36-26(35)19-9-30-21(10-37-19)29-31-17(8-18(32)24(33)23(31)25(30)34)14-7-16(27)22(28)15-11-38-20-5-3-2-4-12(20)6-13(14)15/h2-5,7-8,19,21,29,33H,6,9-11H2,1H3/t19?,21-/m0/s1. The summed E-state index contributed by atoms with van der Waals surface area (Å²) in [7, 11) is 1.20. The molecular formula is C26H21F2N3O6S. The molecule has 1 amide bonds. The number of aromatic nitrogens is 1. The second-order valence-electron chi connectivity index (χ2n) is 9.12. The average molecular weight is 542 g/mol. The number of pyridine rings is 1. The summed E-state index contributed by atoms with van der Waals surface area (Å²) in [5.74, 6) is -4.08. The minimum Gasteiger partial charge on any atom is -0.502 e. The maximum absolute atomic E-state index is 15.1. The van der Waals surface area contributed by atoms with Gasteiger partial charge in [-0.1, -0.05) is 18.2 Å². The highest BCUT2D eigenvalue weighted by Gasteiger charge is 2.43. The van der Waals surface area contributed by atoms with Crippen LogP contribution in [-0.2, 0) is 26.4 Å². The van der Waals surface area contributed by atoms with Crippen molar-refractivity contribution in [3.63, 3.8) is 0 Å². The Hall–Kier alpha value is -3.90. The summed E-state index contributed by atoms with van der Waals surface area (Å²) in [5.41, 5.74) is 3.66. The highest BCUT2D eigenvalue weighted by atomic mass is 32.2. The number of ether oxygens (including phenoxy) is 2. The van der Waals surface area contributed by atoms with Gasteiger partial charge in [0.15, 0.2) is 29.2 Å². The van der Waals surface area contributed by atoms with Crippen LogP contribution < -0.4 is 10.9 Å². The van der Waals surface area contributed by atoms with E-state index < -0.39 is 47.0 Å². The van der Waals surface area contributed by atoms with Crippen LogP contribution in [0.4, 0.5) is 8.78 Å². The maximum atomic E-state index is 15.1. The first-order chi connectivity index (χ1) is 18.3. The molecular weight excluding hydrogens is 520 g/mol. The summed E-state index contributed by atoms with van der Waals surface area (Å²) in [6, 6.07) is 9.63. The van der Waals surface area contributed by atoms with Gasteiger partial charge in [-0.15, -0.1) is 11.8 Å². The molecule has 0 saturated carbocycles. The number of rotatable bonds is 2. The lowest BCUT2D eigenvalue weighted by molar-refractivity contribution is -0.161. The Labute approximate surface area is 218 Å². The van der Waals surface area contributed by atoms with Crippen molar-refractivity contribution in [1.82, 2.24) is 9.58 Å². The highest BCUT2D eigenvalue weighted by molar-refractivity contribution is 7.98. The van der Waals surface area contributed by atoms with E-state index in [1.54, 1.807) is 0 Å². The normalized spacial score (nSPS) is 19.9. The molecule has 3 aromatic rings. The molecule has 2 atom stereocenters. The molecule has 1 aromatic heterocycles. The Kier molecular flexibility index (Phi) is 5.88. The van der Waals surface area contributed by atoms with E-state index in [2.05, 4.69) is 5.43 Å². The van der Waals surface area contributed by atoms with E-state index in [1.807, 2.05) is 24.3 Å². The van der Waals surface area contributed by atoms with Crippen molar-refractivity contribution in [2.24, 2.45) is 0 Å². The Balaban J connectivity index is 1.53. The van der Waals surface area contributed by atoms with Gasteiger partial charge in [0.2, 0.25) is 5.43 Å². The molecule has 0 aliphatic carbocycles. The lowest BCUT2D eigenvalue weighted by Gasteiger charge is -2.43. The number of hydrogen-bond donors (Lipinski definition) is 2. The van der Waals surface area contributed by atoms with Gasteiger partial charge in [-0.25, -0.2) is 18.3 Å². The van der Waals surface area contributed by atoms with Crippen LogP contribution in [0.1, 0.15) is 27.2 Å². The Morgan fingerprint density at radius 3 is 2.79 bits per heavy atom. The number of aromatic hydroxyl groups is 1. The van der Waals surface area contributed by atoms with Crippen LogP contribution in [0.2, 0.25) is 0 Å². The summed E-state index contributed by atoms with van der Waals surface area (Å²) >= 11 is 1.39. The predicted molar refractivity (Wildman–Crippen MR) is 132 cm³/mol. The van der Waals surface area contributed by atoms with E-state index in [0.717, 1.165) is 22.6 Å². The maximum Gasteiger partial charge on any atom is 0.336 e. The molecule has 9 nitrogen and oxygen atoms in total. The van der Waals surface area contributed by atoms with Gasteiger partial charge >= 0.3 is 5.97 Å². The van der Waals surface area contributed by atoms with E-state index in [-0.39, 0.29) is 47.8 Å². The largest absolute Gasteiger partial charge is 0.502 e. The van der Waals surface area contributed by atoms with Crippen LogP contribution in [0.25, 0.3) is 11.3 Å². The first kappa shape index (κ1) is 24.4. The number of hydrogen-bond acceptors (Lipinski definition) is 8. The van der Waals surface area contributed by atoms with Crippen molar-refractivity contribution in [2.45, 2.75) is 29.3 Å². The molecule has 38 heavy (non-hydrogen) atoms. The van der Waals surface area contributed by atoms with Crippen LogP contribution in [0.3, 0.4) is 0 Å². The fourth-order valence-corrected chi connectivity index (χ4v) is 6.21. The second-order valence-corrected chi connectivity index (χ2v) is 10.1. The van der Waals surface area contributed by atoms with Gasteiger partial charge in [0.1, 0.15) is 6.17 Å². The van der Waals surface area contributed by atoms with Crippen molar-refractivity contribution < 1.29 is 33.0 Å². The van der Waals surface area contributed by atoms with E-state index >= 15 is 4.39 Å². The van der Waals surface area contributed by atoms with Crippen molar-refractivity contribution in [2.75, 3.05) is 25.7 Å². The molecule has 3 aliphatic heterocycles. The minimum absolute atomic E-state index is 0.0884. The minimum atomic E-state index is -1.09. The van der Waals surface area contributed by atoms with E-state index in [9.17, 15) is 23.9 Å². The summed E-state index contributed by atoms with van der Waals surface area (Å²) in [4.78, 5) is 40.6.